The molecule has 0 amide bonds. The Labute approximate surface area is 118 Å². The van der Waals surface area contributed by atoms with E-state index in [4.69, 9.17) is 4.74 Å². The van der Waals surface area contributed by atoms with Gasteiger partial charge in [0.1, 0.15) is 0 Å². The van der Waals surface area contributed by atoms with Crippen LogP contribution in [0.1, 0.15) is 65.7 Å². The van der Waals surface area contributed by atoms with Gasteiger partial charge in [0.15, 0.2) is 0 Å². The topological polar surface area (TPSA) is 29.5 Å². The van der Waals surface area contributed by atoms with E-state index in [-0.39, 0.29) is 5.97 Å². The summed E-state index contributed by atoms with van der Waals surface area (Å²) < 4.78 is 5.14. The molecule has 0 radical (unpaired) electrons. The average molecular weight is 269 g/mol. The Morgan fingerprint density at radius 2 is 1.79 bits per heavy atom. The van der Waals surface area contributed by atoms with Crippen LogP contribution in [0.3, 0.4) is 0 Å². The summed E-state index contributed by atoms with van der Waals surface area (Å²) in [6, 6.07) is 0.372. The second-order valence-corrected chi connectivity index (χ2v) is 5.62. The van der Waals surface area contributed by atoms with Gasteiger partial charge in [-0.1, -0.05) is 46.0 Å². The minimum Gasteiger partial charge on any atom is -0.466 e. The summed E-state index contributed by atoms with van der Waals surface area (Å²) >= 11 is 0. The van der Waals surface area contributed by atoms with Gasteiger partial charge < -0.3 is 9.64 Å². The summed E-state index contributed by atoms with van der Waals surface area (Å²) in [6.07, 6.45) is 8.56. The molecule has 1 saturated carbocycles. The van der Waals surface area contributed by atoms with Crippen molar-refractivity contribution in [3.8, 4) is 0 Å². The van der Waals surface area contributed by atoms with Crippen molar-refractivity contribution in [3.63, 3.8) is 0 Å². The summed E-state index contributed by atoms with van der Waals surface area (Å²) in [5, 5.41) is 0. The molecule has 0 aliphatic heterocycles. The van der Waals surface area contributed by atoms with Gasteiger partial charge in [0.2, 0.25) is 0 Å². The number of nitrogens with zero attached hydrogens (tertiary/aromatic N) is 1. The second kappa shape index (κ2) is 9.35. The van der Waals surface area contributed by atoms with Crippen LogP contribution in [0.25, 0.3) is 0 Å². The Hall–Kier alpha value is -0.570. The number of esters is 1. The lowest BCUT2D eigenvalue weighted by Gasteiger charge is -2.33. The highest BCUT2D eigenvalue weighted by molar-refractivity contribution is 5.70. The van der Waals surface area contributed by atoms with Crippen molar-refractivity contribution in [1.29, 1.82) is 0 Å². The number of rotatable bonds is 8. The fourth-order valence-electron chi connectivity index (χ4n) is 3.32. The molecule has 0 spiro atoms. The van der Waals surface area contributed by atoms with Crippen LogP contribution in [-0.2, 0) is 9.53 Å². The molecule has 0 heterocycles. The van der Waals surface area contributed by atoms with E-state index in [0.29, 0.717) is 19.1 Å². The summed E-state index contributed by atoms with van der Waals surface area (Å²) in [4.78, 5) is 14.2. The molecule has 0 bridgehead atoms. The van der Waals surface area contributed by atoms with Crippen molar-refractivity contribution >= 4 is 5.97 Å². The fraction of sp³-hybridized carbons (Fsp3) is 0.938. The summed E-state index contributed by atoms with van der Waals surface area (Å²) in [6.45, 7) is 8.78. The van der Waals surface area contributed by atoms with Crippen molar-refractivity contribution in [2.75, 3.05) is 19.7 Å². The minimum atomic E-state index is -0.0322. The Kier molecular flexibility index (Phi) is 8.11. The molecule has 1 unspecified atom stereocenters. The van der Waals surface area contributed by atoms with Crippen molar-refractivity contribution < 1.29 is 9.53 Å². The smallest absolute Gasteiger partial charge is 0.307 e. The van der Waals surface area contributed by atoms with Crippen molar-refractivity contribution in [2.24, 2.45) is 5.92 Å². The molecule has 1 rings (SSSR count). The van der Waals surface area contributed by atoms with Crippen LogP contribution in [-0.4, -0.2) is 36.6 Å². The number of hydrogen-bond donors (Lipinski definition) is 0. The number of hydrogen-bond acceptors (Lipinski definition) is 3. The molecular weight excluding hydrogens is 238 g/mol. The Balaban J connectivity index is 2.54. The van der Waals surface area contributed by atoms with Gasteiger partial charge in [-0.15, -0.1) is 0 Å². The lowest BCUT2D eigenvalue weighted by molar-refractivity contribution is -0.144. The van der Waals surface area contributed by atoms with Gasteiger partial charge in [0.05, 0.1) is 13.0 Å². The predicted octanol–water partition coefficient (Wildman–Crippen LogP) is 3.62. The molecule has 0 N–H and O–H groups in total. The number of ether oxygens (including phenoxy) is 1. The van der Waals surface area contributed by atoms with E-state index in [1.807, 2.05) is 6.92 Å². The molecule has 1 aliphatic carbocycles. The first-order chi connectivity index (χ1) is 9.21. The normalized spacial score (nSPS) is 18.5. The van der Waals surface area contributed by atoms with Crippen LogP contribution in [0.2, 0.25) is 0 Å². The third-order valence-corrected chi connectivity index (χ3v) is 4.37. The average Bonchev–Trinajstić information content (AvgIpc) is 2.41. The quantitative estimate of drug-likeness (QED) is 0.630. The zero-order valence-corrected chi connectivity index (χ0v) is 13.0. The Morgan fingerprint density at radius 3 is 2.32 bits per heavy atom. The summed E-state index contributed by atoms with van der Waals surface area (Å²) in [5.41, 5.74) is 0. The Morgan fingerprint density at radius 1 is 1.16 bits per heavy atom. The molecule has 3 heteroatoms. The molecule has 0 aromatic rings. The molecule has 0 aromatic heterocycles. The van der Waals surface area contributed by atoms with Gasteiger partial charge in [-0.25, -0.2) is 0 Å². The zero-order valence-electron chi connectivity index (χ0n) is 13.0. The standard InChI is InChI=1S/C16H31NO2/c1-4-17(5-2)15(13-16(18)19-6-3)12-14-10-8-7-9-11-14/h14-15H,4-13H2,1-3H3. The van der Waals surface area contributed by atoms with Crippen LogP contribution >= 0.6 is 0 Å². The first-order valence-electron chi connectivity index (χ1n) is 8.10. The van der Waals surface area contributed by atoms with E-state index in [1.165, 1.54) is 38.5 Å². The van der Waals surface area contributed by atoms with Crippen molar-refractivity contribution in [1.82, 2.24) is 4.90 Å². The van der Waals surface area contributed by atoms with Crippen LogP contribution in [0.4, 0.5) is 0 Å². The first kappa shape index (κ1) is 16.5. The van der Waals surface area contributed by atoms with Crippen molar-refractivity contribution in [2.45, 2.75) is 71.8 Å². The van der Waals surface area contributed by atoms with E-state index >= 15 is 0 Å². The highest BCUT2D eigenvalue weighted by Crippen LogP contribution is 2.29. The molecule has 112 valence electrons. The molecular formula is C16H31NO2. The maximum absolute atomic E-state index is 11.8. The van der Waals surface area contributed by atoms with Crippen LogP contribution in [0.5, 0.6) is 0 Å². The van der Waals surface area contributed by atoms with Gasteiger partial charge in [-0.3, -0.25) is 4.79 Å². The number of carbonyl (C=O) groups is 1. The van der Waals surface area contributed by atoms with Crippen LogP contribution in [0.15, 0.2) is 0 Å². The summed E-state index contributed by atoms with van der Waals surface area (Å²) in [7, 11) is 0. The van der Waals surface area contributed by atoms with E-state index in [2.05, 4.69) is 18.7 Å². The van der Waals surface area contributed by atoms with Crippen LogP contribution < -0.4 is 0 Å². The first-order valence-corrected chi connectivity index (χ1v) is 8.10. The third-order valence-electron chi connectivity index (χ3n) is 4.37. The lowest BCUT2D eigenvalue weighted by Crippen LogP contribution is -2.38. The van der Waals surface area contributed by atoms with E-state index < -0.39 is 0 Å². The largest absolute Gasteiger partial charge is 0.466 e. The van der Waals surface area contributed by atoms with E-state index in [0.717, 1.165) is 19.0 Å². The third kappa shape index (κ3) is 5.94. The van der Waals surface area contributed by atoms with Gasteiger partial charge in [0.25, 0.3) is 0 Å². The zero-order chi connectivity index (χ0) is 14.1. The van der Waals surface area contributed by atoms with Crippen molar-refractivity contribution in [3.05, 3.63) is 0 Å². The second-order valence-electron chi connectivity index (χ2n) is 5.62. The minimum absolute atomic E-state index is 0.0322. The van der Waals surface area contributed by atoms with Crippen LogP contribution in [0, 0.1) is 5.92 Å². The van der Waals surface area contributed by atoms with E-state index in [1.54, 1.807) is 0 Å². The Bertz CT molecular complexity index is 245. The lowest BCUT2D eigenvalue weighted by atomic mass is 9.84. The highest BCUT2D eigenvalue weighted by atomic mass is 16.5. The molecule has 1 aliphatic rings. The van der Waals surface area contributed by atoms with Gasteiger partial charge in [-0.05, 0) is 32.4 Å². The molecule has 19 heavy (non-hydrogen) atoms. The predicted molar refractivity (Wildman–Crippen MR) is 79.2 cm³/mol. The maximum atomic E-state index is 11.8. The van der Waals surface area contributed by atoms with Gasteiger partial charge in [-0.2, -0.15) is 0 Å². The van der Waals surface area contributed by atoms with Gasteiger partial charge >= 0.3 is 5.97 Å². The molecule has 1 fully saturated rings. The maximum Gasteiger partial charge on any atom is 0.307 e. The monoisotopic (exact) mass is 269 g/mol. The molecule has 0 aromatic carbocycles. The SMILES string of the molecule is CCOC(=O)CC(CC1CCCCC1)N(CC)CC. The molecule has 0 saturated heterocycles. The molecule has 3 nitrogen and oxygen atoms in total. The fourth-order valence-corrected chi connectivity index (χ4v) is 3.32. The highest BCUT2D eigenvalue weighted by Gasteiger charge is 2.25. The summed E-state index contributed by atoms with van der Waals surface area (Å²) in [5.74, 6) is 0.781. The van der Waals surface area contributed by atoms with Gasteiger partial charge in [0, 0.05) is 6.04 Å². The number of carbonyl (C=O) groups excluding carboxylic acids is 1. The van der Waals surface area contributed by atoms with E-state index in [9.17, 15) is 4.79 Å². The molecule has 1 atom stereocenters.